The molecule has 1 amide bonds. The Morgan fingerprint density at radius 3 is 2.17 bits per heavy atom. The second-order valence-electron chi connectivity index (χ2n) is 3.84. The Kier molecular flexibility index (Phi) is 11.7. The summed E-state index contributed by atoms with van der Waals surface area (Å²) in [4.78, 5) is 9.09. The number of benzene rings is 1. The second kappa shape index (κ2) is 12.3. The molecule has 23 heavy (non-hydrogen) atoms. The molecule has 0 aliphatic heterocycles. The van der Waals surface area contributed by atoms with Crippen LogP contribution in [0.4, 0.5) is 4.79 Å². The van der Waals surface area contributed by atoms with Crippen LogP contribution in [0.1, 0.15) is 19.4 Å². The fourth-order valence-electron chi connectivity index (χ4n) is 1.31. The Hall–Kier alpha value is -1.12. The zero-order chi connectivity index (χ0) is 17.7. The molecular weight excluding hydrogens is 359 g/mol. The van der Waals surface area contributed by atoms with E-state index in [2.05, 4.69) is 23.4 Å². The Morgan fingerprint density at radius 2 is 1.74 bits per heavy atom. The van der Waals surface area contributed by atoms with Crippen LogP contribution >= 0.6 is 32.6 Å². The first-order valence-electron chi connectivity index (χ1n) is 6.69. The molecule has 1 rings (SSSR count). The lowest BCUT2D eigenvalue weighted by molar-refractivity contribution is 0.210. The third-order valence-corrected chi connectivity index (χ3v) is 4.08. The van der Waals surface area contributed by atoms with E-state index in [4.69, 9.17) is 30.8 Å². The number of carbonyl (C=O) groups is 1. The first-order valence-corrected chi connectivity index (χ1v) is 9.09. The molecule has 0 radical (unpaired) electrons. The molecule has 0 aliphatic rings. The minimum absolute atomic E-state index is 0.00548. The van der Waals surface area contributed by atoms with Crippen LogP contribution in [-0.2, 0) is 25.0 Å². The van der Waals surface area contributed by atoms with Gasteiger partial charge in [0.1, 0.15) is 6.61 Å². The number of hydrogen-bond donors (Lipinski definition) is 3. The quantitative estimate of drug-likeness (QED) is 0.379. The van der Waals surface area contributed by atoms with Crippen LogP contribution in [0.15, 0.2) is 30.3 Å². The number of primary amides is 1. The van der Waals surface area contributed by atoms with Crippen molar-refractivity contribution in [2.75, 3.05) is 13.2 Å². The molecule has 0 unspecified atom stereocenters. The van der Waals surface area contributed by atoms with Crippen LogP contribution in [-0.4, -0.2) is 23.6 Å². The van der Waals surface area contributed by atoms with Crippen molar-refractivity contribution in [3.8, 4) is 0 Å². The molecule has 3 N–H and O–H groups in total. The molecule has 0 heterocycles. The van der Waals surface area contributed by atoms with Gasteiger partial charge in [0, 0.05) is 0 Å². The monoisotopic (exact) mass is 380 g/mol. The van der Waals surface area contributed by atoms with E-state index >= 15 is 0 Å². The Balaban J connectivity index is 0.00000108. The highest BCUT2D eigenvalue weighted by Gasteiger charge is 2.25. The lowest BCUT2D eigenvalue weighted by Crippen LogP contribution is -2.23. The number of nitrogens with one attached hydrogen (secondary N) is 1. The topological polar surface area (TPSA) is 99.9 Å². The summed E-state index contributed by atoms with van der Waals surface area (Å²) in [6.07, 6.45) is 0. The molecule has 130 valence electrons. The summed E-state index contributed by atoms with van der Waals surface area (Å²) in [6.45, 7) is 4.25. The summed E-state index contributed by atoms with van der Waals surface area (Å²) < 4.78 is 27.5. The van der Waals surface area contributed by atoms with E-state index in [1.807, 2.05) is 30.3 Å². The van der Waals surface area contributed by atoms with Crippen molar-refractivity contribution in [3.63, 3.8) is 0 Å². The van der Waals surface area contributed by atoms with Crippen molar-refractivity contribution in [3.05, 3.63) is 35.9 Å². The van der Waals surface area contributed by atoms with Crippen molar-refractivity contribution in [2.24, 2.45) is 5.73 Å². The SMILES string of the molecule is CCOP(=O)(NC(=S)OCc1ccccc1)OCC.NC(=O)S. The highest BCUT2D eigenvalue weighted by atomic mass is 32.1. The summed E-state index contributed by atoms with van der Waals surface area (Å²) in [6, 6.07) is 9.54. The van der Waals surface area contributed by atoms with E-state index in [9.17, 15) is 4.57 Å². The number of hydrogen-bond acceptors (Lipinski definition) is 6. The third-order valence-electron chi connectivity index (χ3n) is 2.04. The molecule has 1 aromatic carbocycles. The minimum atomic E-state index is -3.41. The van der Waals surface area contributed by atoms with Gasteiger partial charge in [0.25, 0.3) is 10.4 Å². The number of thiocarbonyl (C=S) groups is 1. The normalized spacial score (nSPS) is 10.2. The minimum Gasteiger partial charge on any atom is -0.466 e. The standard InChI is InChI=1S/C12H18NO4PS.CH3NOS/c1-3-16-18(14,17-4-2)13-12(19)15-10-11-8-6-5-7-9-11;2-1(3)4/h5-9H,3-4,10H2,1-2H3,(H,13,14,19);(H3,2,3,4). The lowest BCUT2D eigenvalue weighted by Gasteiger charge is -2.18. The largest absolute Gasteiger partial charge is 0.466 e. The van der Waals surface area contributed by atoms with Crippen LogP contribution in [0.25, 0.3) is 0 Å². The smallest absolute Gasteiger partial charge is 0.435 e. The van der Waals surface area contributed by atoms with Gasteiger partial charge in [-0.3, -0.25) is 18.9 Å². The van der Waals surface area contributed by atoms with E-state index in [1.54, 1.807) is 13.8 Å². The van der Waals surface area contributed by atoms with E-state index < -0.39 is 13.0 Å². The second-order valence-corrected chi connectivity index (χ2v) is 6.39. The van der Waals surface area contributed by atoms with Crippen molar-refractivity contribution in [2.45, 2.75) is 20.5 Å². The van der Waals surface area contributed by atoms with Gasteiger partial charge in [-0.2, -0.15) is 0 Å². The molecule has 0 aromatic heterocycles. The summed E-state index contributed by atoms with van der Waals surface area (Å²) in [5.74, 6) is 0. The molecular formula is C13H21N2O5PS2. The van der Waals surface area contributed by atoms with Crippen molar-refractivity contribution in [1.29, 1.82) is 0 Å². The Labute approximate surface area is 146 Å². The van der Waals surface area contributed by atoms with Crippen molar-refractivity contribution in [1.82, 2.24) is 5.09 Å². The number of ether oxygens (including phenoxy) is 1. The predicted molar refractivity (Wildman–Crippen MR) is 96.4 cm³/mol. The summed E-state index contributed by atoms with van der Waals surface area (Å²) in [5, 5.41) is 1.84. The van der Waals surface area contributed by atoms with Gasteiger partial charge in [0.2, 0.25) is 0 Å². The molecule has 0 atom stereocenters. The molecule has 10 heteroatoms. The third kappa shape index (κ3) is 12.0. The molecule has 0 saturated carbocycles. The number of rotatable bonds is 7. The van der Waals surface area contributed by atoms with Crippen molar-refractivity contribution >= 4 is 43.0 Å². The average molecular weight is 380 g/mol. The van der Waals surface area contributed by atoms with Gasteiger partial charge in [-0.05, 0) is 31.6 Å². The van der Waals surface area contributed by atoms with Gasteiger partial charge in [-0.15, -0.1) is 0 Å². The summed E-state index contributed by atoms with van der Waals surface area (Å²) in [7, 11) is -3.41. The highest BCUT2D eigenvalue weighted by Crippen LogP contribution is 2.43. The van der Waals surface area contributed by atoms with E-state index in [1.165, 1.54) is 0 Å². The van der Waals surface area contributed by atoms with Gasteiger partial charge in [0.15, 0.2) is 0 Å². The molecule has 7 nitrogen and oxygen atoms in total. The molecule has 0 saturated heterocycles. The molecule has 0 aliphatic carbocycles. The van der Waals surface area contributed by atoms with Crippen LogP contribution in [0.3, 0.4) is 0 Å². The highest BCUT2D eigenvalue weighted by molar-refractivity contribution is 7.96. The first-order chi connectivity index (χ1) is 10.8. The fourth-order valence-corrected chi connectivity index (χ4v) is 2.87. The summed E-state index contributed by atoms with van der Waals surface area (Å²) in [5.41, 5.74) is 5.30. The molecule has 1 aromatic rings. The van der Waals surface area contributed by atoms with Crippen LogP contribution < -0.4 is 10.8 Å². The van der Waals surface area contributed by atoms with Crippen LogP contribution in [0.2, 0.25) is 0 Å². The molecule has 0 bridgehead atoms. The maximum atomic E-state index is 12.1. The number of amides is 1. The van der Waals surface area contributed by atoms with Gasteiger partial charge >= 0.3 is 7.75 Å². The molecule has 0 spiro atoms. The van der Waals surface area contributed by atoms with Gasteiger partial charge < -0.3 is 10.5 Å². The van der Waals surface area contributed by atoms with Gasteiger partial charge in [-0.1, -0.05) is 43.0 Å². The maximum Gasteiger partial charge on any atom is 0.435 e. The lowest BCUT2D eigenvalue weighted by atomic mass is 10.2. The van der Waals surface area contributed by atoms with Gasteiger partial charge in [-0.25, -0.2) is 4.57 Å². The number of thiol groups is 1. The van der Waals surface area contributed by atoms with Crippen LogP contribution in [0.5, 0.6) is 0 Å². The van der Waals surface area contributed by atoms with E-state index in [-0.39, 0.29) is 18.4 Å². The maximum absolute atomic E-state index is 12.1. The van der Waals surface area contributed by atoms with Crippen LogP contribution in [0, 0.1) is 0 Å². The zero-order valence-electron chi connectivity index (χ0n) is 12.9. The number of carbonyl (C=O) groups excluding carboxylic acids is 1. The Bertz CT molecular complexity index is 516. The Morgan fingerprint density at radius 1 is 1.26 bits per heavy atom. The predicted octanol–water partition coefficient (Wildman–Crippen LogP) is 3.25. The molecule has 0 fully saturated rings. The fraction of sp³-hybridized carbons (Fsp3) is 0.385. The zero-order valence-corrected chi connectivity index (χ0v) is 15.5. The van der Waals surface area contributed by atoms with Gasteiger partial charge in [0.05, 0.1) is 13.2 Å². The number of nitrogens with two attached hydrogens (primary N) is 1. The van der Waals surface area contributed by atoms with E-state index in [0.717, 1.165) is 5.56 Å². The van der Waals surface area contributed by atoms with E-state index in [0.29, 0.717) is 6.61 Å². The first kappa shape index (κ1) is 21.9. The average Bonchev–Trinajstić information content (AvgIpc) is 2.46. The summed E-state index contributed by atoms with van der Waals surface area (Å²) >= 11 is 8.07. The van der Waals surface area contributed by atoms with Crippen molar-refractivity contribution < 1.29 is 23.1 Å².